The van der Waals surface area contributed by atoms with Gasteiger partial charge in [0.15, 0.2) is 5.11 Å². The lowest BCUT2D eigenvalue weighted by molar-refractivity contribution is -0.906. The highest BCUT2D eigenvalue weighted by molar-refractivity contribution is 9.10. The number of quaternary nitrogens is 1. The second kappa shape index (κ2) is 8.11. The summed E-state index contributed by atoms with van der Waals surface area (Å²) in [7, 11) is 0. The summed E-state index contributed by atoms with van der Waals surface area (Å²) in [5.41, 5.74) is 2.26. The van der Waals surface area contributed by atoms with E-state index < -0.39 is 0 Å². The first kappa shape index (κ1) is 16.7. The Morgan fingerprint density at radius 2 is 2.29 bits per heavy atom. The Morgan fingerprint density at radius 1 is 1.48 bits per heavy atom. The van der Waals surface area contributed by atoms with Crippen molar-refractivity contribution >= 4 is 38.9 Å². The van der Waals surface area contributed by atoms with E-state index in [9.17, 15) is 0 Å². The molecule has 1 aliphatic heterocycles. The van der Waals surface area contributed by atoms with E-state index in [2.05, 4.69) is 52.5 Å². The van der Waals surface area contributed by atoms with Crippen LogP contribution in [0.15, 0.2) is 22.7 Å². The number of thiocarbonyl (C=S) groups is 1. The number of rotatable bonds is 4. The first-order valence-corrected chi connectivity index (χ1v) is 8.96. The molecule has 21 heavy (non-hydrogen) atoms. The van der Waals surface area contributed by atoms with Crippen LogP contribution in [0.25, 0.3) is 0 Å². The Hall–Kier alpha value is -0.650. The van der Waals surface area contributed by atoms with Gasteiger partial charge in [0.2, 0.25) is 0 Å². The summed E-state index contributed by atoms with van der Waals surface area (Å²) in [6.45, 7) is 8.09. The molecule has 0 spiro atoms. The van der Waals surface area contributed by atoms with Crippen molar-refractivity contribution in [2.75, 3.05) is 25.0 Å². The topological polar surface area (TPSA) is 28.5 Å². The lowest BCUT2D eigenvalue weighted by atomic mass is 10.1. The predicted octanol–water partition coefficient (Wildman–Crippen LogP) is 2.50. The number of benzene rings is 1. The molecule has 0 aliphatic carbocycles. The Bertz CT molecular complexity index is 490. The minimum absolute atomic E-state index is 0.496. The van der Waals surface area contributed by atoms with Gasteiger partial charge >= 0.3 is 0 Å². The van der Waals surface area contributed by atoms with E-state index in [0.29, 0.717) is 6.04 Å². The van der Waals surface area contributed by atoms with E-state index >= 15 is 0 Å². The van der Waals surface area contributed by atoms with E-state index in [1.165, 1.54) is 44.5 Å². The van der Waals surface area contributed by atoms with Crippen LogP contribution in [0, 0.1) is 6.92 Å². The number of piperidine rings is 1. The zero-order valence-corrected chi connectivity index (χ0v) is 15.2. The van der Waals surface area contributed by atoms with Crippen molar-refractivity contribution in [1.29, 1.82) is 0 Å². The predicted molar refractivity (Wildman–Crippen MR) is 97.1 cm³/mol. The van der Waals surface area contributed by atoms with Crippen LogP contribution in [0.5, 0.6) is 0 Å². The normalized spacial score (nSPS) is 21.9. The third kappa shape index (κ3) is 5.24. The van der Waals surface area contributed by atoms with Gasteiger partial charge in [-0.3, -0.25) is 0 Å². The smallest absolute Gasteiger partial charge is 0.171 e. The molecule has 1 aliphatic rings. The third-order valence-electron chi connectivity index (χ3n) is 3.99. The zero-order valence-electron chi connectivity index (χ0n) is 12.8. The molecule has 2 rings (SSSR count). The zero-order chi connectivity index (χ0) is 15.2. The van der Waals surface area contributed by atoms with Gasteiger partial charge in [-0.1, -0.05) is 22.9 Å². The molecule has 0 radical (unpaired) electrons. The van der Waals surface area contributed by atoms with Crippen molar-refractivity contribution in [1.82, 2.24) is 5.32 Å². The number of aryl methyl sites for hydroxylation is 1. The van der Waals surface area contributed by atoms with Gasteiger partial charge in [0, 0.05) is 10.2 Å². The number of nitrogens with one attached hydrogen (secondary N) is 3. The molecule has 5 heteroatoms. The molecule has 2 atom stereocenters. The second-order valence-corrected chi connectivity index (χ2v) is 7.17. The Labute approximate surface area is 141 Å². The second-order valence-electron chi connectivity index (χ2n) is 5.85. The van der Waals surface area contributed by atoms with Gasteiger partial charge in [-0.2, -0.15) is 0 Å². The number of likely N-dealkylation sites (tertiary alicyclic amines) is 1. The van der Waals surface area contributed by atoms with Crippen molar-refractivity contribution < 1.29 is 4.90 Å². The molecule has 0 saturated carbocycles. The third-order valence-corrected chi connectivity index (χ3v) is 4.71. The van der Waals surface area contributed by atoms with E-state index in [1.54, 1.807) is 4.90 Å². The molecule has 3 N–H and O–H groups in total. The standard InChI is InChI=1S/C16H24BrN3S/c1-3-8-20-9-4-5-14(11-20)18-16(21)19-15-7-6-13(17)10-12(15)2/h6-7,10,14H,3-5,8-9,11H2,1-2H3,(H2,18,19,21)/p+1/t14-/m1/s1. The van der Waals surface area contributed by atoms with Gasteiger partial charge in [-0.25, -0.2) is 0 Å². The summed E-state index contributed by atoms with van der Waals surface area (Å²) in [5.74, 6) is 0. The van der Waals surface area contributed by atoms with Crippen LogP contribution >= 0.6 is 28.1 Å². The minimum atomic E-state index is 0.496. The molecule has 1 saturated heterocycles. The quantitative estimate of drug-likeness (QED) is 0.711. The summed E-state index contributed by atoms with van der Waals surface area (Å²) < 4.78 is 1.09. The highest BCUT2D eigenvalue weighted by Gasteiger charge is 2.22. The fraction of sp³-hybridized carbons (Fsp3) is 0.562. The summed E-state index contributed by atoms with van der Waals surface area (Å²) in [4.78, 5) is 1.70. The summed E-state index contributed by atoms with van der Waals surface area (Å²) in [6, 6.07) is 6.68. The maximum Gasteiger partial charge on any atom is 0.171 e. The van der Waals surface area contributed by atoms with Crippen molar-refractivity contribution in [3.8, 4) is 0 Å². The first-order chi connectivity index (χ1) is 10.1. The van der Waals surface area contributed by atoms with Crippen molar-refractivity contribution in [2.45, 2.75) is 39.2 Å². The molecule has 0 amide bonds. The molecule has 0 aromatic heterocycles. The van der Waals surface area contributed by atoms with Gasteiger partial charge in [0.05, 0.1) is 25.7 Å². The van der Waals surface area contributed by atoms with E-state index in [4.69, 9.17) is 12.2 Å². The van der Waals surface area contributed by atoms with Crippen LogP contribution in [0.1, 0.15) is 31.7 Å². The summed E-state index contributed by atoms with van der Waals surface area (Å²) >= 11 is 8.95. The van der Waals surface area contributed by atoms with Crippen molar-refractivity contribution in [2.24, 2.45) is 0 Å². The summed E-state index contributed by atoms with van der Waals surface area (Å²) in [6.07, 6.45) is 3.75. The fourth-order valence-electron chi connectivity index (χ4n) is 2.97. The number of halogens is 1. The van der Waals surface area contributed by atoms with Crippen molar-refractivity contribution in [3.63, 3.8) is 0 Å². The SMILES string of the molecule is CCC[NH+]1CCC[C@@H](NC(=S)Nc2ccc(Br)cc2C)C1. The highest BCUT2D eigenvalue weighted by atomic mass is 79.9. The van der Waals surface area contributed by atoms with Crippen LogP contribution < -0.4 is 15.5 Å². The fourth-order valence-corrected chi connectivity index (χ4v) is 3.72. The van der Waals surface area contributed by atoms with Crippen LogP contribution in [-0.4, -0.2) is 30.8 Å². The molecule has 1 heterocycles. The molecule has 1 aromatic carbocycles. The lowest BCUT2D eigenvalue weighted by Crippen LogP contribution is -3.14. The first-order valence-electron chi connectivity index (χ1n) is 7.75. The van der Waals surface area contributed by atoms with Gasteiger partial charge in [-0.15, -0.1) is 0 Å². The number of hydrogen-bond acceptors (Lipinski definition) is 1. The maximum absolute atomic E-state index is 5.47. The van der Waals surface area contributed by atoms with E-state index in [-0.39, 0.29) is 0 Å². The minimum Gasteiger partial charge on any atom is -0.354 e. The molecule has 0 bridgehead atoms. The Kier molecular flexibility index (Phi) is 6.45. The molecule has 116 valence electrons. The Morgan fingerprint density at radius 3 is 3.00 bits per heavy atom. The van der Waals surface area contributed by atoms with E-state index in [0.717, 1.165) is 15.3 Å². The van der Waals surface area contributed by atoms with Gasteiger partial charge in [0.1, 0.15) is 0 Å². The largest absolute Gasteiger partial charge is 0.354 e. The van der Waals surface area contributed by atoms with Gasteiger partial charge in [-0.05, 0) is 62.2 Å². The highest BCUT2D eigenvalue weighted by Crippen LogP contribution is 2.19. The van der Waals surface area contributed by atoms with Crippen molar-refractivity contribution in [3.05, 3.63) is 28.2 Å². The monoisotopic (exact) mass is 370 g/mol. The molecular weight excluding hydrogens is 346 g/mol. The van der Waals surface area contributed by atoms with Gasteiger partial charge in [0.25, 0.3) is 0 Å². The molecule has 1 unspecified atom stereocenters. The lowest BCUT2D eigenvalue weighted by Gasteiger charge is -2.31. The van der Waals surface area contributed by atoms with Crippen LogP contribution in [0.4, 0.5) is 5.69 Å². The average Bonchev–Trinajstić information content (AvgIpc) is 2.43. The van der Waals surface area contributed by atoms with E-state index in [1.807, 2.05) is 6.07 Å². The molecule has 3 nitrogen and oxygen atoms in total. The Balaban J connectivity index is 1.86. The van der Waals surface area contributed by atoms with Gasteiger partial charge < -0.3 is 15.5 Å². The molecular formula is C16H25BrN3S+. The molecule has 1 fully saturated rings. The number of hydrogen-bond donors (Lipinski definition) is 3. The van der Waals surface area contributed by atoms with Crippen LogP contribution in [0.3, 0.4) is 0 Å². The van der Waals surface area contributed by atoms with Crippen LogP contribution in [0.2, 0.25) is 0 Å². The van der Waals surface area contributed by atoms with Crippen LogP contribution in [-0.2, 0) is 0 Å². The molecule has 1 aromatic rings. The summed E-state index contributed by atoms with van der Waals surface area (Å²) in [5, 5.41) is 7.55. The maximum atomic E-state index is 5.47. The average molecular weight is 371 g/mol. The number of anilines is 1.